The second kappa shape index (κ2) is 10.4. The Balaban J connectivity index is 2.49. The molecule has 2 aromatic rings. The van der Waals surface area contributed by atoms with Gasteiger partial charge in [0, 0.05) is 12.8 Å². The van der Waals surface area contributed by atoms with Gasteiger partial charge in [-0.25, -0.2) is 18.2 Å². The molecule has 1 aromatic heterocycles. The highest BCUT2D eigenvalue weighted by Crippen LogP contribution is 2.30. The molecule has 2 rings (SSSR count). The van der Waals surface area contributed by atoms with Gasteiger partial charge in [0.15, 0.2) is 15.0 Å². The Hall–Kier alpha value is -1.97. The van der Waals surface area contributed by atoms with Gasteiger partial charge >= 0.3 is 5.97 Å². The molecule has 0 spiro atoms. The van der Waals surface area contributed by atoms with Crippen LogP contribution in [0.25, 0.3) is 0 Å². The van der Waals surface area contributed by atoms with Crippen molar-refractivity contribution < 1.29 is 22.7 Å². The molecule has 1 aromatic carbocycles. The van der Waals surface area contributed by atoms with E-state index in [9.17, 15) is 18.0 Å². The average molecular weight is 473 g/mol. The predicted octanol–water partition coefficient (Wildman–Crippen LogP) is 4.52. The van der Waals surface area contributed by atoms with E-state index in [0.717, 1.165) is 36.9 Å². The molecule has 0 atom stereocenters. The summed E-state index contributed by atoms with van der Waals surface area (Å²) in [5, 5.41) is 0.490. The summed E-state index contributed by atoms with van der Waals surface area (Å²) in [6.45, 7) is 6.04. The van der Waals surface area contributed by atoms with Crippen molar-refractivity contribution in [2.75, 3.05) is 24.3 Å². The van der Waals surface area contributed by atoms with Gasteiger partial charge in [-0.15, -0.1) is 0 Å². The minimum absolute atomic E-state index is 0.00582. The maximum absolute atomic E-state index is 13.4. The van der Waals surface area contributed by atoms with Crippen molar-refractivity contribution in [3.05, 3.63) is 39.4 Å². The predicted molar refractivity (Wildman–Crippen MR) is 119 cm³/mol. The van der Waals surface area contributed by atoms with Crippen molar-refractivity contribution in [1.82, 2.24) is 4.98 Å². The molecule has 0 saturated carbocycles. The summed E-state index contributed by atoms with van der Waals surface area (Å²) in [5.41, 5.74) is 0.541. The van der Waals surface area contributed by atoms with E-state index in [1.807, 2.05) is 6.92 Å². The first-order chi connectivity index (χ1) is 14.1. The van der Waals surface area contributed by atoms with E-state index in [2.05, 4.69) is 4.98 Å². The van der Waals surface area contributed by atoms with Gasteiger partial charge in [-0.1, -0.05) is 42.7 Å². The van der Waals surface area contributed by atoms with E-state index in [4.69, 9.17) is 16.3 Å². The minimum Gasteiger partial charge on any atom is -0.462 e. The number of aromatic nitrogens is 1. The molecule has 30 heavy (non-hydrogen) atoms. The summed E-state index contributed by atoms with van der Waals surface area (Å²) in [5.74, 6) is -0.956. The van der Waals surface area contributed by atoms with Crippen LogP contribution in [-0.2, 0) is 14.6 Å². The zero-order chi connectivity index (χ0) is 22.5. The lowest BCUT2D eigenvalue weighted by atomic mass is 10.2. The number of unbranched alkanes of at least 4 members (excludes halogenated alkanes) is 2. The number of nitrogens with zero attached hydrogens (tertiary/aromatic N) is 2. The Morgan fingerprint density at radius 3 is 2.53 bits per heavy atom. The lowest BCUT2D eigenvalue weighted by Gasteiger charge is -2.21. The van der Waals surface area contributed by atoms with Crippen LogP contribution in [0.2, 0.25) is 5.02 Å². The zero-order valence-corrected chi connectivity index (χ0v) is 19.8. The Bertz CT molecular complexity index is 1030. The van der Waals surface area contributed by atoms with E-state index >= 15 is 0 Å². The number of amides is 1. The summed E-state index contributed by atoms with van der Waals surface area (Å²) in [4.78, 5) is 31.7. The average Bonchev–Trinajstić information content (AvgIpc) is 3.06. The third-order valence-electron chi connectivity index (χ3n) is 4.30. The van der Waals surface area contributed by atoms with Crippen LogP contribution >= 0.6 is 22.9 Å². The van der Waals surface area contributed by atoms with Crippen molar-refractivity contribution in [3.8, 4) is 0 Å². The highest BCUT2D eigenvalue weighted by atomic mass is 35.5. The summed E-state index contributed by atoms with van der Waals surface area (Å²) in [7, 11) is -3.51. The Morgan fingerprint density at radius 1 is 1.23 bits per heavy atom. The summed E-state index contributed by atoms with van der Waals surface area (Å²) >= 11 is 7.30. The highest BCUT2D eigenvalue weighted by Gasteiger charge is 2.26. The van der Waals surface area contributed by atoms with Crippen LogP contribution in [0.5, 0.6) is 0 Å². The van der Waals surface area contributed by atoms with E-state index in [-0.39, 0.29) is 22.1 Å². The monoisotopic (exact) mass is 472 g/mol. The second-order valence-corrected chi connectivity index (χ2v) is 10.1. The fourth-order valence-corrected chi connectivity index (χ4v) is 4.56. The second-order valence-electron chi connectivity index (χ2n) is 6.71. The number of sulfone groups is 1. The molecule has 0 fully saturated rings. The first-order valence-corrected chi connectivity index (χ1v) is 12.6. The van der Waals surface area contributed by atoms with E-state index < -0.39 is 21.7 Å². The van der Waals surface area contributed by atoms with Gasteiger partial charge in [0.05, 0.1) is 27.8 Å². The summed E-state index contributed by atoms with van der Waals surface area (Å²) in [6.07, 6.45) is 3.64. The van der Waals surface area contributed by atoms with Crippen LogP contribution in [0.4, 0.5) is 5.13 Å². The van der Waals surface area contributed by atoms with Crippen LogP contribution in [0.1, 0.15) is 58.8 Å². The number of anilines is 1. The molecule has 0 aliphatic heterocycles. The first-order valence-electron chi connectivity index (χ1n) is 9.56. The molecule has 0 saturated heterocycles. The van der Waals surface area contributed by atoms with Gasteiger partial charge in [-0.3, -0.25) is 9.69 Å². The molecule has 0 N–H and O–H groups in total. The van der Waals surface area contributed by atoms with Gasteiger partial charge in [0.1, 0.15) is 4.88 Å². The number of aryl methyl sites for hydroxylation is 1. The number of hydrogen-bond acceptors (Lipinski definition) is 7. The van der Waals surface area contributed by atoms with Crippen molar-refractivity contribution in [1.29, 1.82) is 0 Å². The highest BCUT2D eigenvalue weighted by molar-refractivity contribution is 7.90. The molecule has 10 heteroatoms. The number of hydrogen-bond donors (Lipinski definition) is 0. The fourth-order valence-electron chi connectivity index (χ4n) is 2.73. The van der Waals surface area contributed by atoms with Crippen molar-refractivity contribution in [2.24, 2.45) is 0 Å². The van der Waals surface area contributed by atoms with Gasteiger partial charge in [0.25, 0.3) is 5.91 Å². The molecule has 0 bridgehead atoms. The standard InChI is InChI=1S/C20H25ClN2O5S2/c1-5-7-8-11-23(20-22-13(3)17(29-20)19(25)28-6-2)18(24)15-12-14(30(4,26)27)9-10-16(15)21/h9-10,12H,5-8,11H2,1-4H3. The van der Waals surface area contributed by atoms with Gasteiger partial charge in [-0.05, 0) is 38.5 Å². The van der Waals surface area contributed by atoms with E-state index in [1.165, 1.54) is 23.1 Å². The van der Waals surface area contributed by atoms with Crippen LogP contribution in [0.15, 0.2) is 23.1 Å². The molecule has 0 aliphatic rings. The van der Waals surface area contributed by atoms with E-state index in [0.29, 0.717) is 22.2 Å². The van der Waals surface area contributed by atoms with Crippen LogP contribution in [0, 0.1) is 6.92 Å². The van der Waals surface area contributed by atoms with Crippen LogP contribution < -0.4 is 4.90 Å². The number of carbonyl (C=O) groups is 2. The molecular weight excluding hydrogens is 448 g/mol. The van der Waals surface area contributed by atoms with Gasteiger partial charge in [-0.2, -0.15) is 0 Å². The molecule has 1 heterocycles. The molecule has 7 nitrogen and oxygen atoms in total. The number of carbonyl (C=O) groups excluding carboxylic acids is 2. The van der Waals surface area contributed by atoms with Gasteiger partial charge < -0.3 is 4.74 Å². The molecule has 1 amide bonds. The van der Waals surface area contributed by atoms with Gasteiger partial charge in [0.2, 0.25) is 0 Å². The lowest BCUT2D eigenvalue weighted by molar-refractivity contribution is 0.0531. The third-order valence-corrected chi connectivity index (χ3v) is 6.90. The number of halogens is 1. The molecule has 164 valence electrons. The SMILES string of the molecule is CCCCCN(C(=O)c1cc(S(C)(=O)=O)ccc1Cl)c1nc(C)c(C(=O)OCC)s1. The number of thiazole rings is 1. The van der Waals surface area contributed by atoms with Crippen LogP contribution in [-0.4, -0.2) is 44.7 Å². The maximum Gasteiger partial charge on any atom is 0.350 e. The topological polar surface area (TPSA) is 93.6 Å². The fraction of sp³-hybridized carbons (Fsp3) is 0.450. The number of rotatable bonds is 9. The van der Waals surface area contributed by atoms with E-state index in [1.54, 1.807) is 13.8 Å². The Morgan fingerprint density at radius 2 is 1.93 bits per heavy atom. The summed E-state index contributed by atoms with van der Waals surface area (Å²) < 4.78 is 28.9. The van der Waals surface area contributed by atoms with Crippen molar-refractivity contribution >= 4 is 49.8 Å². The molecular formula is C20H25ClN2O5S2. The summed E-state index contributed by atoms with van der Waals surface area (Å²) in [6, 6.07) is 4.04. The number of esters is 1. The quantitative estimate of drug-likeness (QED) is 0.393. The Labute approximate surface area is 185 Å². The number of benzene rings is 1. The molecule has 0 radical (unpaired) electrons. The van der Waals surface area contributed by atoms with Crippen LogP contribution in [0.3, 0.4) is 0 Å². The van der Waals surface area contributed by atoms with Crippen molar-refractivity contribution in [3.63, 3.8) is 0 Å². The lowest BCUT2D eigenvalue weighted by Crippen LogP contribution is -2.32. The smallest absolute Gasteiger partial charge is 0.350 e. The first kappa shape index (κ1) is 24.3. The zero-order valence-electron chi connectivity index (χ0n) is 17.4. The molecule has 0 unspecified atom stereocenters. The third kappa shape index (κ3) is 5.80. The normalized spacial score (nSPS) is 11.4. The minimum atomic E-state index is -3.51. The Kier molecular flexibility index (Phi) is 8.40. The van der Waals surface area contributed by atoms with Crippen molar-refractivity contribution in [2.45, 2.75) is 44.9 Å². The molecule has 0 aliphatic carbocycles. The largest absolute Gasteiger partial charge is 0.462 e. The maximum atomic E-state index is 13.4. The number of ether oxygens (including phenoxy) is 1.